The summed E-state index contributed by atoms with van der Waals surface area (Å²) in [4.78, 5) is 2.50. The van der Waals surface area contributed by atoms with Crippen molar-refractivity contribution in [1.82, 2.24) is 0 Å². The average Bonchev–Trinajstić information content (AvgIpc) is 2.46. The average molecular weight is 280 g/mol. The molecule has 3 rings (SSSR count). The molecule has 0 amide bonds. The molecule has 1 aliphatic rings. The Balaban J connectivity index is 1.91. The third-order valence-corrected chi connectivity index (χ3v) is 4.25. The number of hydrogen-bond acceptors (Lipinski definition) is 2. The quantitative estimate of drug-likeness (QED) is 0.933. The van der Waals surface area contributed by atoms with Gasteiger partial charge in [0.05, 0.1) is 0 Å². The van der Waals surface area contributed by atoms with E-state index in [1.807, 2.05) is 0 Å². The van der Waals surface area contributed by atoms with Crippen LogP contribution < -0.4 is 10.6 Å². The first-order valence-corrected chi connectivity index (χ1v) is 7.80. The van der Waals surface area contributed by atoms with Gasteiger partial charge in [-0.2, -0.15) is 0 Å². The molecule has 0 aromatic heterocycles. The summed E-state index contributed by atoms with van der Waals surface area (Å²) in [6.45, 7) is 6.33. The van der Waals surface area contributed by atoms with Gasteiger partial charge < -0.3 is 10.6 Å². The normalized spacial score (nSPS) is 15.7. The van der Waals surface area contributed by atoms with E-state index in [0.29, 0.717) is 0 Å². The fourth-order valence-corrected chi connectivity index (χ4v) is 3.23. The van der Waals surface area contributed by atoms with E-state index in [4.69, 9.17) is 5.73 Å². The highest BCUT2D eigenvalue weighted by atomic mass is 15.1. The molecule has 0 saturated carbocycles. The van der Waals surface area contributed by atoms with E-state index in [-0.39, 0.29) is 6.04 Å². The zero-order valence-electron chi connectivity index (χ0n) is 13.0. The topological polar surface area (TPSA) is 29.3 Å². The fraction of sp³-hybridized carbons (Fsp3) is 0.368. The first-order chi connectivity index (χ1) is 10.1. The zero-order chi connectivity index (χ0) is 14.8. The Hall–Kier alpha value is -1.80. The van der Waals surface area contributed by atoms with Crippen LogP contribution in [0.1, 0.15) is 29.2 Å². The molecule has 0 fully saturated rings. The minimum atomic E-state index is 0.197. The number of nitrogens with zero attached hydrogens (tertiary/aromatic N) is 1. The zero-order valence-corrected chi connectivity index (χ0v) is 13.0. The van der Waals surface area contributed by atoms with E-state index in [2.05, 4.69) is 61.2 Å². The summed E-state index contributed by atoms with van der Waals surface area (Å²) in [5.41, 5.74) is 13.0. The number of anilines is 1. The second-order valence-electron chi connectivity index (χ2n) is 6.25. The molecule has 0 saturated heterocycles. The highest BCUT2D eigenvalue weighted by Gasteiger charge is 2.18. The van der Waals surface area contributed by atoms with Gasteiger partial charge in [-0.05, 0) is 49.4 Å². The molecule has 0 bridgehead atoms. The van der Waals surface area contributed by atoms with Crippen LogP contribution in [0.4, 0.5) is 5.69 Å². The van der Waals surface area contributed by atoms with Crippen molar-refractivity contribution >= 4 is 5.69 Å². The van der Waals surface area contributed by atoms with Crippen LogP contribution in [0.15, 0.2) is 42.5 Å². The van der Waals surface area contributed by atoms with Crippen molar-refractivity contribution in [1.29, 1.82) is 0 Å². The van der Waals surface area contributed by atoms with Crippen LogP contribution in [-0.2, 0) is 19.4 Å². The van der Waals surface area contributed by atoms with E-state index < -0.39 is 0 Å². The molecule has 0 spiro atoms. The summed E-state index contributed by atoms with van der Waals surface area (Å²) in [7, 11) is 0. The minimum absolute atomic E-state index is 0.197. The molecule has 2 heteroatoms. The van der Waals surface area contributed by atoms with Crippen molar-refractivity contribution in [2.75, 3.05) is 11.4 Å². The molecule has 2 N–H and O–H groups in total. The maximum atomic E-state index is 6.03. The first kappa shape index (κ1) is 14.2. The van der Waals surface area contributed by atoms with E-state index in [1.54, 1.807) is 0 Å². The van der Waals surface area contributed by atoms with E-state index in [9.17, 15) is 0 Å². The van der Waals surface area contributed by atoms with E-state index in [1.165, 1.54) is 27.9 Å². The SMILES string of the molecule is Cc1ccc(N2CCc3ccccc3C2)c(CC(C)N)c1. The summed E-state index contributed by atoms with van der Waals surface area (Å²) >= 11 is 0. The molecule has 1 unspecified atom stereocenters. The van der Waals surface area contributed by atoms with Gasteiger partial charge in [-0.25, -0.2) is 0 Å². The Morgan fingerprint density at radius 3 is 2.67 bits per heavy atom. The van der Waals surface area contributed by atoms with Crippen LogP contribution in [0, 0.1) is 6.92 Å². The van der Waals surface area contributed by atoms with Crippen molar-refractivity contribution in [2.24, 2.45) is 5.73 Å². The van der Waals surface area contributed by atoms with Crippen LogP contribution in [0.3, 0.4) is 0 Å². The number of benzene rings is 2. The molecule has 21 heavy (non-hydrogen) atoms. The molecule has 1 atom stereocenters. The highest BCUT2D eigenvalue weighted by molar-refractivity contribution is 5.57. The minimum Gasteiger partial charge on any atom is -0.367 e. The standard InChI is InChI=1S/C19H24N2/c1-14-7-8-19(18(11-14)12-15(2)20)21-10-9-16-5-3-4-6-17(16)13-21/h3-8,11,15H,9-10,12-13,20H2,1-2H3. The monoisotopic (exact) mass is 280 g/mol. The number of fused-ring (bicyclic) bond motifs is 1. The van der Waals surface area contributed by atoms with Crippen LogP contribution in [-0.4, -0.2) is 12.6 Å². The summed E-state index contributed by atoms with van der Waals surface area (Å²) in [6, 6.07) is 15.7. The van der Waals surface area contributed by atoms with Gasteiger partial charge in [0.1, 0.15) is 0 Å². The lowest BCUT2D eigenvalue weighted by Gasteiger charge is -2.32. The Morgan fingerprint density at radius 2 is 1.90 bits per heavy atom. The predicted molar refractivity (Wildman–Crippen MR) is 89.7 cm³/mol. The molecule has 2 nitrogen and oxygen atoms in total. The van der Waals surface area contributed by atoms with Crippen molar-refractivity contribution in [2.45, 2.75) is 39.3 Å². The van der Waals surface area contributed by atoms with Crippen molar-refractivity contribution in [3.63, 3.8) is 0 Å². The third-order valence-electron chi connectivity index (χ3n) is 4.25. The van der Waals surface area contributed by atoms with Gasteiger partial charge in [0.25, 0.3) is 0 Å². The lowest BCUT2D eigenvalue weighted by molar-refractivity contribution is 0.706. The summed E-state index contributed by atoms with van der Waals surface area (Å²) in [5.74, 6) is 0. The highest BCUT2D eigenvalue weighted by Crippen LogP contribution is 2.28. The third kappa shape index (κ3) is 3.11. The van der Waals surface area contributed by atoms with Gasteiger partial charge in [-0.3, -0.25) is 0 Å². The van der Waals surface area contributed by atoms with Gasteiger partial charge in [-0.1, -0.05) is 42.0 Å². The lowest BCUT2D eigenvalue weighted by Crippen LogP contribution is -2.31. The number of hydrogen-bond donors (Lipinski definition) is 1. The molecule has 1 heterocycles. The molecule has 2 aromatic carbocycles. The molecule has 0 radical (unpaired) electrons. The fourth-order valence-electron chi connectivity index (χ4n) is 3.23. The maximum absolute atomic E-state index is 6.03. The first-order valence-electron chi connectivity index (χ1n) is 7.80. The van der Waals surface area contributed by atoms with E-state index in [0.717, 1.165) is 25.9 Å². The van der Waals surface area contributed by atoms with Crippen molar-refractivity contribution in [3.05, 3.63) is 64.7 Å². The Kier molecular flexibility index (Phi) is 3.98. The maximum Gasteiger partial charge on any atom is 0.0432 e. The van der Waals surface area contributed by atoms with Gasteiger partial charge in [0.2, 0.25) is 0 Å². The van der Waals surface area contributed by atoms with Gasteiger partial charge in [0.15, 0.2) is 0 Å². The molecule has 2 aromatic rings. The second-order valence-corrected chi connectivity index (χ2v) is 6.25. The predicted octanol–water partition coefficient (Wildman–Crippen LogP) is 3.45. The summed E-state index contributed by atoms with van der Waals surface area (Å²) in [5, 5.41) is 0. The lowest BCUT2D eigenvalue weighted by atomic mass is 9.97. The largest absolute Gasteiger partial charge is 0.367 e. The second kappa shape index (κ2) is 5.90. The van der Waals surface area contributed by atoms with Crippen molar-refractivity contribution in [3.8, 4) is 0 Å². The molecular weight excluding hydrogens is 256 g/mol. The smallest absolute Gasteiger partial charge is 0.0432 e. The molecule has 1 aliphatic heterocycles. The van der Waals surface area contributed by atoms with Crippen LogP contribution in [0.25, 0.3) is 0 Å². The Morgan fingerprint density at radius 1 is 1.14 bits per heavy atom. The summed E-state index contributed by atoms with van der Waals surface area (Å²) < 4.78 is 0. The number of rotatable bonds is 3. The van der Waals surface area contributed by atoms with Crippen LogP contribution >= 0.6 is 0 Å². The molecule has 110 valence electrons. The number of aryl methyl sites for hydroxylation is 1. The van der Waals surface area contributed by atoms with Gasteiger partial charge >= 0.3 is 0 Å². The van der Waals surface area contributed by atoms with E-state index >= 15 is 0 Å². The molecular formula is C19H24N2. The molecule has 0 aliphatic carbocycles. The van der Waals surface area contributed by atoms with Gasteiger partial charge in [0, 0.05) is 24.8 Å². The summed E-state index contributed by atoms with van der Waals surface area (Å²) in [6.07, 6.45) is 2.07. The van der Waals surface area contributed by atoms with Crippen LogP contribution in [0.5, 0.6) is 0 Å². The number of nitrogens with two attached hydrogens (primary N) is 1. The van der Waals surface area contributed by atoms with Gasteiger partial charge in [-0.15, -0.1) is 0 Å². The van der Waals surface area contributed by atoms with Crippen LogP contribution in [0.2, 0.25) is 0 Å². The Bertz CT molecular complexity index is 631. The Labute approximate surface area is 127 Å². The van der Waals surface area contributed by atoms with Crippen molar-refractivity contribution < 1.29 is 0 Å².